The van der Waals surface area contributed by atoms with E-state index in [0.717, 1.165) is 5.56 Å². The summed E-state index contributed by atoms with van der Waals surface area (Å²) in [5.41, 5.74) is 1.49. The first-order valence-corrected chi connectivity index (χ1v) is 5.88. The molecule has 1 amide bonds. The number of hydrogen-bond donors (Lipinski definition) is 1. The van der Waals surface area contributed by atoms with Crippen LogP contribution in [-0.4, -0.2) is 29.8 Å². The topological polar surface area (TPSA) is 77.2 Å². The van der Waals surface area contributed by atoms with Crippen LogP contribution >= 0.6 is 0 Å². The zero-order chi connectivity index (χ0) is 13.7. The summed E-state index contributed by atoms with van der Waals surface area (Å²) in [6.07, 6.45) is 0.321. The van der Waals surface area contributed by atoms with E-state index in [1.54, 1.807) is 26.2 Å². The second kappa shape index (κ2) is 6.10. The standard InChI is InChI=1S/C13H15N3O3/c1-9-14-13(16-19-9)10-4-3-5-11(8-10)15-12(17)6-7-18-2/h3-5,8H,6-7H2,1-2H3,(H,15,17). The monoisotopic (exact) mass is 261 g/mol. The van der Waals surface area contributed by atoms with Crippen LogP contribution in [0.1, 0.15) is 12.3 Å². The Morgan fingerprint density at radius 3 is 3.00 bits per heavy atom. The summed E-state index contributed by atoms with van der Waals surface area (Å²) in [6, 6.07) is 7.29. The fraction of sp³-hybridized carbons (Fsp3) is 0.308. The minimum Gasteiger partial charge on any atom is -0.384 e. The maximum absolute atomic E-state index is 11.6. The number of amides is 1. The molecule has 0 bridgehead atoms. The molecule has 0 aliphatic heterocycles. The summed E-state index contributed by atoms with van der Waals surface area (Å²) >= 11 is 0. The van der Waals surface area contributed by atoms with Gasteiger partial charge >= 0.3 is 0 Å². The molecule has 0 unspecified atom stereocenters. The van der Waals surface area contributed by atoms with Gasteiger partial charge in [-0.3, -0.25) is 4.79 Å². The number of methoxy groups -OCH3 is 1. The molecule has 1 aromatic carbocycles. The first-order valence-electron chi connectivity index (χ1n) is 5.88. The summed E-state index contributed by atoms with van der Waals surface area (Å²) < 4.78 is 9.78. The zero-order valence-corrected chi connectivity index (χ0v) is 10.8. The van der Waals surface area contributed by atoms with E-state index >= 15 is 0 Å². The number of hydrogen-bond acceptors (Lipinski definition) is 5. The number of aromatic nitrogens is 2. The highest BCUT2D eigenvalue weighted by atomic mass is 16.5. The van der Waals surface area contributed by atoms with Crippen LogP contribution in [-0.2, 0) is 9.53 Å². The van der Waals surface area contributed by atoms with Crippen molar-refractivity contribution in [1.29, 1.82) is 0 Å². The molecule has 2 aromatic rings. The lowest BCUT2D eigenvalue weighted by Crippen LogP contribution is -2.13. The van der Waals surface area contributed by atoms with Gasteiger partial charge in [-0.25, -0.2) is 0 Å². The van der Waals surface area contributed by atoms with E-state index in [-0.39, 0.29) is 5.91 Å². The number of nitrogens with one attached hydrogen (secondary N) is 1. The number of benzene rings is 1. The van der Waals surface area contributed by atoms with Crippen LogP contribution < -0.4 is 5.32 Å². The Morgan fingerprint density at radius 1 is 1.47 bits per heavy atom. The molecule has 6 nitrogen and oxygen atoms in total. The Labute approximate surface area is 110 Å². The number of anilines is 1. The van der Waals surface area contributed by atoms with Gasteiger partial charge in [0.1, 0.15) is 0 Å². The molecule has 0 spiro atoms. The lowest BCUT2D eigenvalue weighted by atomic mass is 10.2. The van der Waals surface area contributed by atoms with Crippen LogP contribution in [0.4, 0.5) is 5.69 Å². The van der Waals surface area contributed by atoms with E-state index in [9.17, 15) is 4.79 Å². The van der Waals surface area contributed by atoms with Crippen molar-refractivity contribution in [1.82, 2.24) is 10.1 Å². The van der Waals surface area contributed by atoms with E-state index in [1.165, 1.54) is 0 Å². The molecule has 100 valence electrons. The Hall–Kier alpha value is -2.21. The number of nitrogens with zero attached hydrogens (tertiary/aromatic N) is 2. The van der Waals surface area contributed by atoms with Crippen molar-refractivity contribution in [2.75, 3.05) is 19.0 Å². The van der Waals surface area contributed by atoms with Gasteiger partial charge in [0.25, 0.3) is 0 Å². The van der Waals surface area contributed by atoms with E-state index < -0.39 is 0 Å². The number of carbonyl (C=O) groups is 1. The lowest BCUT2D eigenvalue weighted by Gasteiger charge is -2.05. The first-order chi connectivity index (χ1) is 9.19. The van der Waals surface area contributed by atoms with Gasteiger partial charge in [-0.1, -0.05) is 17.3 Å². The fourth-order valence-electron chi connectivity index (χ4n) is 1.57. The van der Waals surface area contributed by atoms with Crippen LogP contribution in [0.3, 0.4) is 0 Å². The predicted octanol–water partition coefficient (Wildman–Crippen LogP) is 2.02. The van der Waals surface area contributed by atoms with Crippen molar-refractivity contribution < 1.29 is 14.1 Å². The van der Waals surface area contributed by atoms with Crippen LogP contribution in [0.15, 0.2) is 28.8 Å². The molecule has 0 aliphatic carbocycles. The minimum absolute atomic E-state index is 0.0942. The maximum atomic E-state index is 11.6. The van der Waals surface area contributed by atoms with E-state index in [2.05, 4.69) is 15.5 Å². The Morgan fingerprint density at radius 2 is 2.32 bits per heavy atom. The van der Waals surface area contributed by atoms with Crippen molar-refractivity contribution in [2.24, 2.45) is 0 Å². The largest absolute Gasteiger partial charge is 0.384 e. The molecule has 6 heteroatoms. The van der Waals surface area contributed by atoms with Gasteiger partial charge in [0, 0.05) is 25.3 Å². The second-order valence-electron chi connectivity index (χ2n) is 4.01. The third kappa shape index (κ3) is 3.62. The number of carbonyl (C=O) groups excluding carboxylic acids is 1. The molecule has 0 saturated carbocycles. The number of ether oxygens (including phenoxy) is 1. The van der Waals surface area contributed by atoms with E-state index in [4.69, 9.17) is 9.26 Å². The SMILES string of the molecule is COCCC(=O)Nc1cccc(-c2noc(C)n2)c1. The van der Waals surface area contributed by atoms with E-state index in [1.807, 2.05) is 12.1 Å². The zero-order valence-electron chi connectivity index (χ0n) is 10.8. The molecule has 0 saturated heterocycles. The van der Waals surface area contributed by atoms with Gasteiger partial charge in [0.05, 0.1) is 13.0 Å². The molecule has 1 heterocycles. The van der Waals surface area contributed by atoms with Crippen molar-refractivity contribution in [3.05, 3.63) is 30.2 Å². The van der Waals surface area contributed by atoms with E-state index in [0.29, 0.717) is 30.4 Å². The molecular weight excluding hydrogens is 246 g/mol. The summed E-state index contributed by atoms with van der Waals surface area (Å²) in [5.74, 6) is 0.915. The third-order valence-corrected chi connectivity index (χ3v) is 2.47. The van der Waals surface area contributed by atoms with Crippen LogP contribution in [0.25, 0.3) is 11.4 Å². The van der Waals surface area contributed by atoms with Crippen LogP contribution in [0, 0.1) is 6.92 Å². The molecule has 0 fully saturated rings. The molecule has 2 rings (SSSR count). The van der Waals surface area contributed by atoms with Crippen LogP contribution in [0.5, 0.6) is 0 Å². The highest BCUT2D eigenvalue weighted by Gasteiger charge is 2.07. The summed E-state index contributed by atoms with van der Waals surface area (Å²) in [7, 11) is 1.56. The average Bonchev–Trinajstić information content (AvgIpc) is 2.83. The van der Waals surface area contributed by atoms with Crippen molar-refractivity contribution in [2.45, 2.75) is 13.3 Å². The van der Waals surface area contributed by atoms with Gasteiger partial charge in [-0.2, -0.15) is 4.98 Å². The Balaban J connectivity index is 2.09. The molecule has 19 heavy (non-hydrogen) atoms. The normalized spacial score (nSPS) is 10.4. The van der Waals surface area contributed by atoms with Gasteiger partial charge in [-0.15, -0.1) is 0 Å². The van der Waals surface area contributed by atoms with Crippen molar-refractivity contribution in [3.8, 4) is 11.4 Å². The summed E-state index contributed by atoms with van der Waals surface area (Å²) in [6.45, 7) is 2.13. The quantitative estimate of drug-likeness (QED) is 0.891. The molecular formula is C13H15N3O3. The maximum Gasteiger partial charge on any atom is 0.226 e. The Bertz CT molecular complexity index is 566. The Kier molecular flexibility index (Phi) is 4.25. The molecule has 1 aromatic heterocycles. The van der Waals surface area contributed by atoms with Crippen molar-refractivity contribution in [3.63, 3.8) is 0 Å². The smallest absolute Gasteiger partial charge is 0.226 e. The predicted molar refractivity (Wildman–Crippen MR) is 69.6 cm³/mol. The molecule has 1 N–H and O–H groups in total. The van der Waals surface area contributed by atoms with Gasteiger partial charge in [0.2, 0.25) is 17.6 Å². The first kappa shape index (κ1) is 13.2. The number of aryl methyl sites for hydroxylation is 1. The van der Waals surface area contributed by atoms with Gasteiger partial charge in [0.15, 0.2) is 0 Å². The molecule has 0 aliphatic rings. The average molecular weight is 261 g/mol. The molecule has 0 atom stereocenters. The highest BCUT2D eigenvalue weighted by molar-refractivity contribution is 5.91. The summed E-state index contributed by atoms with van der Waals surface area (Å²) in [5, 5.41) is 6.63. The molecule has 0 radical (unpaired) electrons. The number of rotatable bonds is 5. The fourth-order valence-corrected chi connectivity index (χ4v) is 1.57. The second-order valence-corrected chi connectivity index (χ2v) is 4.01. The lowest BCUT2D eigenvalue weighted by molar-refractivity contribution is -0.117. The third-order valence-electron chi connectivity index (χ3n) is 2.47. The summed E-state index contributed by atoms with van der Waals surface area (Å²) in [4.78, 5) is 15.7. The minimum atomic E-state index is -0.0942. The van der Waals surface area contributed by atoms with Crippen molar-refractivity contribution >= 4 is 11.6 Å². The van der Waals surface area contributed by atoms with Gasteiger partial charge < -0.3 is 14.6 Å². The highest BCUT2D eigenvalue weighted by Crippen LogP contribution is 2.19. The van der Waals surface area contributed by atoms with Gasteiger partial charge in [-0.05, 0) is 12.1 Å². The van der Waals surface area contributed by atoms with Crippen LogP contribution in [0.2, 0.25) is 0 Å².